The number of hydrogen-bond acceptors (Lipinski definition) is 6. The number of hydrogen-bond donors (Lipinski definition) is 1. The number of aromatic nitrogens is 3. The Hall–Kier alpha value is -2.77. The van der Waals surface area contributed by atoms with Gasteiger partial charge >= 0.3 is 0 Å². The lowest BCUT2D eigenvalue weighted by molar-refractivity contribution is -0.121. The summed E-state index contributed by atoms with van der Waals surface area (Å²) < 4.78 is 2.17. The van der Waals surface area contributed by atoms with Gasteiger partial charge in [0.25, 0.3) is 0 Å². The Balaban J connectivity index is 1.54. The van der Waals surface area contributed by atoms with Gasteiger partial charge in [-0.15, -0.1) is 0 Å². The van der Waals surface area contributed by atoms with Crippen molar-refractivity contribution in [3.63, 3.8) is 0 Å². The van der Waals surface area contributed by atoms with Crippen LogP contribution in [0.2, 0.25) is 0 Å². The summed E-state index contributed by atoms with van der Waals surface area (Å²) in [7, 11) is 2.16. The summed E-state index contributed by atoms with van der Waals surface area (Å²) >= 11 is 0. The monoisotopic (exact) mass is 404 g/mol. The fourth-order valence-corrected chi connectivity index (χ4v) is 4.68. The van der Waals surface area contributed by atoms with Gasteiger partial charge in [-0.05, 0) is 37.7 Å². The normalized spacial score (nSPS) is 23.3. The van der Waals surface area contributed by atoms with E-state index >= 15 is 0 Å². The fourth-order valence-electron chi connectivity index (χ4n) is 4.68. The molecule has 0 amide bonds. The minimum Gasteiger partial charge on any atom is -0.354 e. The van der Waals surface area contributed by atoms with Gasteiger partial charge in [-0.2, -0.15) is 0 Å². The van der Waals surface area contributed by atoms with Gasteiger partial charge in [0.2, 0.25) is 0 Å². The van der Waals surface area contributed by atoms with Crippen LogP contribution in [-0.2, 0) is 4.79 Å². The molecule has 0 bridgehead atoms. The molecule has 30 heavy (non-hydrogen) atoms. The summed E-state index contributed by atoms with van der Waals surface area (Å²) in [4.78, 5) is 27.1. The van der Waals surface area contributed by atoms with E-state index in [0.29, 0.717) is 12.8 Å². The van der Waals surface area contributed by atoms with Crippen LogP contribution in [-0.4, -0.2) is 58.3 Å². The second-order valence-corrected chi connectivity index (χ2v) is 8.46. The molecule has 3 aromatic rings. The molecule has 3 aromatic heterocycles. The summed E-state index contributed by atoms with van der Waals surface area (Å²) in [5, 5.41) is 3.71. The molecule has 2 atom stereocenters. The largest absolute Gasteiger partial charge is 0.354 e. The number of pyridine rings is 2. The van der Waals surface area contributed by atoms with Crippen LogP contribution in [0.5, 0.6) is 0 Å². The number of anilines is 1. The molecular weight excluding hydrogens is 376 g/mol. The van der Waals surface area contributed by atoms with E-state index in [-0.39, 0.29) is 17.9 Å². The summed E-state index contributed by atoms with van der Waals surface area (Å²) in [5.41, 5.74) is 3.96. The number of Topliss-reactive ketones (excluding diaryl/α,β-unsaturated/α-hetero) is 1. The van der Waals surface area contributed by atoms with E-state index in [4.69, 9.17) is 4.98 Å². The molecule has 0 saturated carbocycles. The average Bonchev–Trinajstić information content (AvgIpc) is 3.14. The average molecular weight is 405 g/mol. The molecule has 7 heteroatoms. The van der Waals surface area contributed by atoms with Crippen molar-refractivity contribution >= 4 is 17.2 Å². The van der Waals surface area contributed by atoms with Gasteiger partial charge in [-0.1, -0.05) is 12.1 Å². The first kappa shape index (κ1) is 19.2. The Labute approximate surface area is 176 Å². The lowest BCUT2D eigenvalue weighted by atomic mass is 9.92. The van der Waals surface area contributed by atoms with Crippen molar-refractivity contribution < 1.29 is 4.79 Å². The van der Waals surface area contributed by atoms with Gasteiger partial charge in [0.15, 0.2) is 0 Å². The highest BCUT2D eigenvalue weighted by Gasteiger charge is 2.34. The van der Waals surface area contributed by atoms with Crippen LogP contribution in [0.3, 0.4) is 0 Å². The smallest absolute Gasteiger partial charge is 0.138 e. The second kappa shape index (κ2) is 7.81. The number of piperidine rings is 1. The molecule has 2 aliphatic heterocycles. The Kier molecular flexibility index (Phi) is 5.00. The van der Waals surface area contributed by atoms with E-state index in [1.54, 1.807) is 6.20 Å². The Bertz CT molecular complexity index is 1070. The molecule has 156 valence electrons. The van der Waals surface area contributed by atoms with Crippen molar-refractivity contribution in [3.05, 3.63) is 59.7 Å². The van der Waals surface area contributed by atoms with Gasteiger partial charge < -0.3 is 9.80 Å². The number of likely N-dealkylation sites (N-methyl/N-ethyl adjacent to an activating group) is 1. The maximum atomic E-state index is 12.8. The number of carbonyl (C=O) groups is 1. The van der Waals surface area contributed by atoms with Crippen molar-refractivity contribution in [1.29, 1.82) is 0 Å². The topological polar surface area (TPSA) is 65.8 Å². The number of nitrogens with zero attached hydrogens (tertiary/aromatic N) is 5. The minimum atomic E-state index is -0.118. The van der Waals surface area contributed by atoms with Crippen molar-refractivity contribution in [2.24, 2.45) is 0 Å². The van der Waals surface area contributed by atoms with Crippen LogP contribution in [0.4, 0.5) is 5.82 Å². The molecule has 0 aromatic carbocycles. The first-order chi connectivity index (χ1) is 14.6. The fraction of sp³-hybridized carbons (Fsp3) is 0.435. The molecular formula is C23H28N6O. The minimum absolute atomic E-state index is 0.0809. The lowest BCUT2D eigenvalue weighted by Crippen LogP contribution is -2.46. The molecule has 0 spiro atoms. The highest BCUT2D eigenvalue weighted by Crippen LogP contribution is 2.36. The Morgan fingerprint density at radius 1 is 1.00 bits per heavy atom. The molecule has 1 N–H and O–H groups in total. The number of rotatable bonds is 3. The third-order valence-electron chi connectivity index (χ3n) is 6.31. The quantitative estimate of drug-likeness (QED) is 0.724. The molecule has 2 unspecified atom stereocenters. The van der Waals surface area contributed by atoms with Crippen molar-refractivity contribution in [3.8, 4) is 0 Å². The third-order valence-corrected chi connectivity index (χ3v) is 6.31. The summed E-state index contributed by atoms with van der Waals surface area (Å²) in [6.45, 7) is 6.00. The molecule has 7 nitrogen and oxygen atoms in total. The van der Waals surface area contributed by atoms with E-state index in [1.807, 2.05) is 24.3 Å². The number of piperazine rings is 1. The second-order valence-electron chi connectivity index (χ2n) is 8.46. The van der Waals surface area contributed by atoms with Crippen LogP contribution < -0.4 is 10.2 Å². The Morgan fingerprint density at radius 2 is 1.77 bits per heavy atom. The van der Waals surface area contributed by atoms with Crippen LogP contribution >= 0.6 is 0 Å². The first-order valence-electron chi connectivity index (χ1n) is 10.7. The molecule has 0 aliphatic carbocycles. The number of aryl methyl sites for hydroxylation is 1. The van der Waals surface area contributed by atoms with Crippen LogP contribution in [0.25, 0.3) is 5.65 Å². The van der Waals surface area contributed by atoms with Crippen LogP contribution in [0.15, 0.2) is 42.7 Å². The van der Waals surface area contributed by atoms with E-state index in [1.165, 1.54) is 0 Å². The molecule has 2 saturated heterocycles. The van der Waals surface area contributed by atoms with E-state index < -0.39 is 0 Å². The zero-order valence-corrected chi connectivity index (χ0v) is 17.6. The maximum absolute atomic E-state index is 12.8. The third kappa shape index (κ3) is 3.48. The van der Waals surface area contributed by atoms with E-state index in [0.717, 1.165) is 54.6 Å². The predicted molar refractivity (Wildman–Crippen MR) is 117 cm³/mol. The molecule has 5 rings (SSSR count). The molecule has 0 radical (unpaired) electrons. The number of nitrogens with one attached hydrogen (secondary N) is 1. The number of ketones is 1. The summed E-state index contributed by atoms with van der Waals surface area (Å²) in [6.07, 6.45) is 4.82. The molecule has 2 aliphatic rings. The van der Waals surface area contributed by atoms with Gasteiger partial charge in [0.05, 0.1) is 17.8 Å². The van der Waals surface area contributed by atoms with Crippen molar-refractivity contribution in [2.45, 2.75) is 31.8 Å². The number of imidazole rings is 1. The standard InChI is InChI=1S/C23H28N6O/c1-16-6-5-8-24-21(16)18-14-17(30)15-19(25-18)22-23(28-12-10-27(2)11-13-28)29-9-4-3-7-20(29)26-22/h3-9,18-19,25H,10-15H2,1-2H3. The van der Waals surface area contributed by atoms with Crippen molar-refractivity contribution in [1.82, 2.24) is 24.6 Å². The zero-order valence-electron chi connectivity index (χ0n) is 17.6. The van der Waals surface area contributed by atoms with Gasteiger partial charge in [0, 0.05) is 51.4 Å². The van der Waals surface area contributed by atoms with Crippen molar-refractivity contribution in [2.75, 3.05) is 38.1 Å². The lowest BCUT2D eigenvalue weighted by Gasteiger charge is -2.36. The van der Waals surface area contributed by atoms with Crippen LogP contribution in [0.1, 0.15) is 41.9 Å². The van der Waals surface area contributed by atoms with Gasteiger partial charge in [-0.3, -0.25) is 19.5 Å². The number of fused-ring (bicyclic) bond motifs is 1. The van der Waals surface area contributed by atoms with Gasteiger partial charge in [0.1, 0.15) is 22.9 Å². The van der Waals surface area contributed by atoms with Crippen LogP contribution in [0, 0.1) is 6.92 Å². The SMILES string of the molecule is Cc1cccnc1C1CC(=O)CC(c2nc3ccccn3c2N2CCN(C)CC2)N1. The van der Waals surface area contributed by atoms with E-state index in [2.05, 4.69) is 50.7 Å². The molecule has 2 fully saturated rings. The summed E-state index contributed by atoms with van der Waals surface area (Å²) in [5.74, 6) is 1.37. The highest BCUT2D eigenvalue weighted by molar-refractivity contribution is 5.81. The Morgan fingerprint density at radius 3 is 2.53 bits per heavy atom. The van der Waals surface area contributed by atoms with Gasteiger partial charge in [-0.25, -0.2) is 4.98 Å². The predicted octanol–water partition coefficient (Wildman–Crippen LogP) is 2.52. The maximum Gasteiger partial charge on any atom is 0.138 e. The number of carbonyl (C=O) groups excluding carboxylic acids is 1. The molecule has 5 heterocycles. The summed E-state index contributed by atoms with van der Waals surface area (Å²) in [6, 6.07) is 9.88. The zero-order chi connectivity index (χ0) is 20.7. The van der Waals surface area contributed by atoms with E-state index in [9.17, 15) is 4.79 Å². The first-order valence-corrected chi connectivity index (χ1v) is 10.7. The highest BCUT2D eigenvalue weighted by atomic mass is 16.1.